The average Bonchev–Trinajstić information content (AvgIpc) is 4.20. The molecule has 2 N–H and O–H groups in total. The van der Waals surface area contributed by atoms with Gasteiger partial charge in [-0.3, -0.25) is 29.3 Å². The number of nitrogens with zero attached hydrogens (tertiary/aromatic N) is 6. The molecule has 2 amide bonds. The second-order valence-corrected chi connectivity index (χ2v) is 22.5. The van der Waals surface area contributed by atoms with E-state index in [2.05, 4.69) is 110 Å². The molecule has 3 fully saturated rings. The highest BCUT2D eigenvalue weighted by Gasteiger charge is 2.41. The van der Waals surface area contributed by atoms with Crippen molar-refractivity contribution in [3.8, 4) is 22.5 Å². The first-order valence-electron chi connectivity index (χ1n) is 26.3. The minimum atomic E-state index is -0.769. The third-order valence-corrected chi connectivity index (χ3v) is 16.1. The number of nitrogens with one attached hydrogen (secondary N) is 2. The number of methoxy groups -OCH3 is 1. The monoisotopic (exact) mass is 979 g/mol. The summed E-state index contributed by atoms with van der Waals surface area (Å²) in [6.45, 7) is 28.5. The smallest absolute Gasteiger partial charge is 0.293 e. The van der Waals surface area contributed by atoms with Crippen LogP contribution in [-0.4, -0.2) is 113 Å². The van der Waals surface area contributed by atoms with E-state index in [1.807, 2.05) is 19.2 Å². The number of hydrogen-bond acceptors (Lipinski definition) is 11. The number of amides is 2. The zero-order chi connectivity index (χ0) is 50.1. The van der Waals surface area contributed by atoms with Crippen LogP contribution in [0, 0.1) is 29.1 Å². The minimum Gasteiger partial charge on any atom is -0.467 e. The van der Waals surface area contributed by atoms with Crippen LogP contribution in [0.25, 0.3) is 33.4 Å². The number of pyridine rings is 1. The number of thiazole rings is 1. The summed E-state index contributed by atoms with van der Waals surface area (Å²) in [5, 5.41) is 9.06. The average molecular weight is 979 g/mol. The lowest BCUT2D eigenvalue weighted by Crippen LogP contribution is -2.59. The predicted octanol–water partition coefficient (Wildman–Crippen LogP) is 9.85. The van der Waals surface area contributed by atoms with E-state index < -0.39 is 6.04 Å². The molecule has 382 valence electrons. The van der Waals surface area contributed by atoms with Gasteiger partial charge in [0.2, 0.25) is 5.91 Å². The maximum absolute atomic E-state index is 14.9. The van der Waals surface area contributed by atoms with Gasteiger partial charge in [-0.15, -0.1) is 11.3 Å². The summed E-state index contributed by atoms with van der Waals surface area (Å²) in [4.78, 5) is 55.8. The number of hydrogen-bond donors (Lipinski definition) is 2. The molecule has 5 unspecified atom stereocenters. The molecule has 5 atom stereocenters. The highest BCUT2D eigenvalue weighted by Crippen LogP contribution is 2.42. The number of hydrazine groups is 1. The van der Waals surface area contributed by atoms with Crippen LogP contribution < -0.4 is 10.7 Å². The van der Waals surface area contributed by atoms with E-state index in [1.54, 1.807) is 12.1 Å². The first kappa shape index (κ1) is 53.2. The molecule has 5 heterocycles. The highest BCUT2D eigenvalue weighted by atomic mass is 32.1. The Bertz CT molecular complexity index is 2400. The molecule has 4 aromatic rings. The van der Waals surface area contributed by atoms with E-state index in [-0.39, 0.29) is 41.9 Å². The van der Waals surface area contributed by atoms with Gasteiger partial charge in [-0.05, 0) is 126 Å². The normalized spacial score (nSPS) is 18.8. The van der Waals surface area contributed by atoms with E-state index in [9.17, 15) is 14.4 Å². The zero-order valence-corrected chi connectivity index (χ0v) is 44.5. The van der Waals surface area contributed by atoms with Gasteiger partial charge in [0.25, 0.3) is 12.4 Å². The number of allylic oxidation sites excluding steroid dienone is 1. The second kappa shape index (κ2) is 24.2. The number of benzene rings is 1. The van der Waals surface area contributed by atoms with Crippen LogP contribution in [-0.2, 0) is 43.2 Å². The van der Waals surface area contributed by atoms with Crippen molar-refractivity contribution >= 4 is 40.5 Å². The van der Waals surface area contributed by atoms with Crippen molar-refractivity contribution < 1.29 is 23.9 Å². The predicted molar refractivity (Wildman–Crippen MR) is 282 cm³/mol. The largest absolute Gasteiger partial charge is 0.467 e. The van der Waals surface area contributed by atoms with Gasteiger partial charge >= 0.3 is 0 Å². The Labute approximate surface area is 422 Å². The van der Waals surface area contributed by atoms with Crippen LogP contribution >= 0.6 is 11.3 Å². The summed E-state index contributed by atoms with van der Waals surface area (Å²) in [6, 6.07) is 9.57. The van der Waals surface area contributed by atoms with Crippen LogP contribution in [0.2, 0.25) is 0 Å². The Morgan fingerprint density at radius 1 is 1.07 bits per heavy atom. The fourth-order valence-electron chi connectivity index (χ4n) is 11.6. The van der Waals surface area contributed by atoms with Crippen molar-refractivity contribution in [3.63, 3.8) is 0 Å². The lowest BCUT2D eigenvalue weighted by molar-refractivity contribution is -0.141. The van der Waals surface area contributed by atoms with Crippen molar-refractivity contribution in [2.45, 2.75) is 144 Å². The number of fused-ring (bicyclic) bond motifs is 1. The Hall–Kier alpha value is -4.63. The molecule has 0 bridgehead atoms. The topological polar surface area (TPSA) is 134 Å². The van der Waals surface area contributed by atoms with E-state index in [0.29, 0.717) is 43.6 Å². The second-order valence-electron chi connectivity index (χ2n) is 21.6. The number of carbonyl (C=O) groups excluding carboxylic acids is 3. The van der Waals surface area contributed by atoms with Gasteiger partial charge in [0, 0.05) is 97.5 Å². The molecule has 2 saturated heterocycles. The summed E-state index contributed by atoms with van der Waals surface area (Å²) in [5.74, 6) is 1.61. The molecular weight excluding hydrogens is 897 g/mol. The molecule has 7 rings (SSSR count). The number of rotatable bonds is 24. The Morgan fingerprint density at radius 3 is 2.54 bits per heavy atom. The fraction of sp³-hybridized carbons (Fsp3) is 0.625. The lowest BCUT2D eigenvalue weighted by atomic mass is 9.84. The van der Waals surface area contributed by atoms with Gasteiger partial charge in [0.15, 0.2) is 0 Å². The van der Waals surface area contributed by atoms with E-state index >= 15 is 0 Å². The number of aromatic nitrogens is 3. The summed E-state index contributed by atoms with van der Waals surface area (Å²) < 4.78 is 13.5. The summed E-state index contributed by atoms with van der Waals surface area (Å²) in [5.41, 5.74) is 11.1. The molecule has 13 nitrogen and oxygen atoms in total. The molecular formula is C56H82N8O5S. The molecule has 2 aliphatic heterocycles. The van der Waals surface area contributed by atoms with Gasteiger partial charge in [0.05, 0.1) is 40.8 Å². The van der Waals surface area contributed by atoms with Gasteiger partial charge in [0.1, 0.15) is 6.04 Å². The first-order chi connectivity index (χ1) is 33.7. The van der Waals surface area contributed by atoms with Gasteiger partial charge < -0.3 is 24.3 Å². The molecule has 3 aromatic heterocycles. The molecule has 1 aromatic carbocycles. The maximum atomic E-state index is 14.9. The number of likely N-dealkylation sites (tertiary alicyclic amines) is 1. The lowest BCUT2D eigenvalue weighted by Gasteiger charge is -2.35. The molecule has 1 saturated carbocycles. The van der Waals surface area contributed by atoms with Gasteiger partial charge in [-0.1, -0.05) is 60.1 Å². The Morgan fingerprint density at radius 2 is 1.86 bits per heavy atom. The molecule has 14 heteroatoms. The molecule has 70 heavy (non-hydrogen) atoms. The van der Waals surface area contributed by atoms with E-state index in [0.717, 1.165) is 140 Å². The quantitative estimate of drug-likeness (QED) is 0.0654. The third kappa shape index (κ3) is 12.5. The van der Waals surface area contributed by atoms with Crippen LogP contribution in [0.15, 0.2) is 54.2 Å². The third-order valence-electron chi connectivity index (χ3n) is 15.2. The first-order valence-corrected chi connectivity index (χ1v) is 27.2. The van der Waals surface area contributed by atoms with Crippen LogP contribution in [0.3, 0.4) is 0 Å². The van der Waals surface area contributed by atoms with Crippen molar-refractivity contribution in [1.82, 2.24) is 40.1 Å². The number of ether oxygens (including phenoxy) is 2. The van der Waals surface area contributed by atoms with Crippen LogP contribution in [0.5, 0.6) is 0 Å². The van der Waals surface area contributed by atoms with E-state index in [1.165, 1.54) is 17.0 Å². The van der Waals surface area contributed by atoms with Crippen molar-refractivity contribution in [2.24, 2.45) is 29.1 Å². The minimum absolute atomic E-state index is 0.0330. The van der Waals surface area contributed by atoms with Crippen LogP contribution in [0.1, 0.15) is 129 Å². The summed E-state index contributed by atoms with van der Waals surface area (Å²) in [6.07, 6.45) is 10.9. The van der Waals surface area contributed by atoms with Gasteiger partial charge in [-0.25, -0.2) is 10.4 Å². The van der Waals surface area contributed by atoms with Crippen molar-refractivity contribution in [2.75, 3.05) is 53.0 Å². The highest BCUT2D eigenvalue weighted by molar-refractivity contribution is 7.10. The summed E-state index contributed by atoms with van der Waals surface area (Å²) in [7, 11) is 1.70. The summed E-state index contributed by atoms with van der Waals surface area (Å²) >= 11 is 1.53. The zero-order valence-electron chi connectivity index (χ0n) is 43.7. The fourth-order valence-corrected chi connectivity index (χ4v) is 12.5. The SMILES string of the molecule is C=C(C(C)CC(C)C)N(CC)CC1CCN(C(C(=O)NC(Cc2nc(-c3ccc4c(c3)c(CC(C)(C)COC=O)c(-c3cccnc3C(C)OC)n4CC)cs2)C(=O)N2CCCCN2)C2CCCC2)C1. The Balaban J connectivity index is 1.17. The van der Waals surface area contributed by atoms with E-state index in [4.69, 9.17) is 19.4 Å². The molecule has 0 spiro atoms. The number of aryl methyl sites for hydroxylation is 1. The molecule has 0 radical (unpaired) electrons. The number of carbonyl (C=O) groups is 3. The van der Waals surface area contributed by atoms with Crippen molar-refractivity contribution in [1.29, 1.82) is 0 Å². The van der Waals surface area contributed by atoms with Gasteiger partial charge in [-0.2, -0.15) is 0 Å². The standard InChI is InChI=1S/C56H82N8O5S/c1-11-61(39(6)38(5)28-37(3)4)32-41-23-27-62(33-41)52(42-18-13-14-19-42)54(66)60-47(55(67)64-26-16-15-25-58-64)30-50-59-48(34-70-50)43-21-22-49-45(29-43)46(31-56(8,9)35-69-36-65)53(63(49)12-2)44-20-17-24-57-51(44)40(7)68-10/h17,20-22,24,29,34,36-38,40-42,47,52,58H,6,11-16,18-19,23,25-28,30-33,35H2,1-5,7-10H3,(H,60,66). The molecule has 1 aliphatic carbocycles. The van der Waals surface area contributed by atoms with Crippen molar-refractivity contribution in [3.05, 3.63) is 70.4 Å². The molecule has 3 aliphatic rings. The van der Waals surface area contributed by atoms with Crippen LogP contribution in [0.4, 0.5) is 0 Å². The Kier molecular flexibility index (Phi) is 18.4. The maximum Gasteiger partial charge on any atom is 0.293 e.